The number of benzene rings is 1. The van der Waals surface area contributed by atoms with E-state index >= 15 is 0 Å². The average molecular weight is 362 g/mol. The maximum Gasteiger partial charge on any atom is 0.241 e. The van der Waals surface area contributed by atoms with Gasteiger partial charge in [0.05, 0.1) is 19.4 Å². The number of pyridine rings is 1. The van der Waals surface area contributed by atoms with Crippen molar-refractivity contribution in [1.82, 2.24) is 19.4 Å². The fourth-order valence-electron chi connectivity index (χ4n) is 3.27. The summed E-state index contributed by atoms with van der Waals surface area (Å²) in [4.78, 5) is 14.0. The molecule has 4 aromatic rings. The third kappa shape index (κ3) is 3.18. The minimum absolute atomic E-state index is 0.549. The molecule has 27 heavy (non-hydrogen) atoms. The fourth-order valence-corrected chi connectivity index (χ4v) is 3.27. The highest BCUT2D eigenvalue weighted by molar-refractivity contribution is 5.79. The highest BCUT2D eigenvalue weighted by Gasteiger charge is 2.18. The van der Waals surface area contributed by atoms with E-state index in [2.05, 4.69) is 24.0 Å². The van der Waals surface area contributed by atoms with Gasteiger partial charge in [-0.15, -0.1) is 0 Å². The first-order chi connectivity index (χ1) is 13.2. The first-order valence-electron chi connectivity index (χ1n) is 9.10. The van der Waals surface area contributed by atoms with Gasteiger partial charge in [-0.2, -0.15) is 4.98 Å². The number of nitrogens with zero attached hydrogens (tertiary/aromatic N) is 4. The van der Waals surface area contributed by atoms with Gasteiger partial charge in [-0.1, -0.05) is 37.3 Å². The van der Waals surface area contributed by atoms with Gasteiger partial charge in [-0.25, -0.2) is 9.97 Å². The van der Waals surface area contributed by atoms with E-state index in [1.807, 2.05) is 41.7 Å². The van der Waals surface area contributed by atoms with Crippen LogP contribution in [0.5, 0.6) is 11.8 Å². The van der Waals surface area contributed by atoms with Crippen LogP contribution in [0.1, 0.15) is 24.0 Å². The second-order valence-corrected chi connectivity index (χ2v) is 6.35. The molecule has 138 valence electrons. The van der Waals surface area contributed by atoms with Gasteiger partial charge in [-0.3, -0.25) is 4.40 Å². The van der Waals surface area contributed by atoms with Crippen molar-refractivity contribution in [2.75, 3.05) is 13.7 Å². The van der Waals surface area contributed by atoms with Crippen molar-refractivity contribution in [3.05, 3.63) is 59.5 Å². The van der Waals surface area contributed by atoms with Crippen molar-refractivity contribution in [2.24, 2.45) is 0 Å². The van der Waals surface area contributed by atoms with Gasteiger partial charge < -0.3 is 9.47 Å². The van der Waals surface area contributed by atoms with Crippen molar-refractivity contribution in [2.45, 2.75) is 26.7 Å². The number of hydrogen-bond acceptors (Lipinski definition) is 5. The molecule has 0 bridgehead atoms. The minimum Gasteiger partial charge on any atom is -0.481 e. The van der Waals surface area contributed by atoms with Crippen LogP contribution in [0.2, 0.25) is 0 Å². The molecule has 0 amide bonds. The summed E-state index contributed by atoms with van der Waals surface area (Å²) in [6, 6.07) is 14.0. The summed E-state index contributed by atoms with van der Waals surface area (Å²) in [5.74, 6) is 2.08. The maximum absolute atomic E-state index is 6.10. The van der Waals surface area contributed by atoms with Gasteiger partial charge in [0, 0.05) is 18.9 Å². The SMILES string of the molecule is CCc1nc(C)c2c(OCCc3ccccc3)nc3ccc(OC)nc3n12. The van der Waals surface area contributed by atoms with Crippen LogP contribution in [0.25, 0.3) is 16.7 Å². The second kappa shape index (κ2) is 7.23. The standard InChI is InChI=1S/C21H22N4O2/c1-4-17-22-14(2)19-21(27-13-12-15-8-6-5-7-9-15)23-16-10-11-18(26-3)24-20(16)25(17)19/h5-11H,4,12-13H2,1-3H3. The van der Waals surface area contributed by atoms with E-state index in [4.69, 9.17) is 19.4 Å². The number of ether oxygens (including phenoxy) is 2. The van der Waals surface area contributed by atoms with Gasteiger partial charge in [-0.05, 0) is 18.6 Å². The average Bonchev–Trinajstić information content (AvgIpc) is 3.05. The number of rotatable bonds is 6. The molecule has 6 heteroatoms. The molecule has 4 rings (SSSR count). The Balaban J connectivity index is 1.78. The summed E-state index contributed by atoms with van der Waals surface area (Å²) in [5.41, 5.74) is 4.48. The molecule has 0 fully saturated rings. The van der Waals surface area contributed by atoms with E-state index < -0.39 is 0 Å². The topological polar surface area (TPSA) is 61.5 Å². The van der Waals surface area contributed by atoms with Crippen LogP contribution in [0.15, 0.2) is 42.5 Å². The van der Waals surface area contributed by atoms with Gasteiger partial charge in [0.1, 0.15) is 16.9 Å². The molecule has 3 heterocycles. The van der Waals surface area contributed by atoms with Gasteiger partial charge in [0.2, 0.25) is 11.8 Å². The number of aryl methyl sites for hydroxylation is 2. The van der Waals surface area contributed by atoms with Crippen LogP contribution < -0.4 is 9.47 Å². The number of methoxy groups -OCH3 is 1. The number of fused-ring (bicyclic) bond motifs is 3. The Morgan fingerprint density at radius 2 is 1.81 bits per heavy atom. The van der Waals surface area contributed by atoms with E-state index in [0.29, 0.717) is 18.4 Å². The fraction of sp³-hybridized carbons (Fsp3) is 0.286. The third-order valence-corrected chi connectivity index (χ3v) is 4.58. The zero-order valence-electron chi connectivity index (χ0n) is 15.8. The van der Waals surface area contributed by atoms with Crippen LogP contribution >= 0.6 is 0 Å². The molecule has 0 radical (unpaired) electrons. The molecule has 0 aliphatic heterocycles. The molecule has 0 aliphatic carbocycles. The number of imidazole rings is 1. The van der Waals surface area contributed by atoms with Crippen molar-refractivity contribution in [3.63, 3.8) is 0 Å². The third-order valence-electron chi connectivity index (χ3n) is 4.58. The van der Waals surface area contributed by atoms with Gasteiger partial charge >= 0.3 is 0 Å². The van der Waals surface area contributed by atoms with Crippen molar-refractivity contribution >= 4 is 16.7 Å². The molecule has 0 N–H and O–H groups in total. The Kier molecular flexibility index (Phi) is 4.62. The molecule has 0 spiro atoms. The summed E-state index contributed by atoms with van der Waals surface area (Å²) < 4.78 is 13.4. The number of hydrogen-bond donors (Lipinski definition) is 0. The molecular formula is C21H22N4O2. The second-order valence-electron chi connectivity index (χ2n) is 6.35. The highest BCUT2D eigenvalue weighted by Crippen LogP contribution is 2.28. The van der Waals surface area contributed by atoms with Crippen LogP contribution in [0.4, 0.5) is 0 Å². The van der Waals surface area contributed by atoms with E-state index in [9.17, 15) is 0 Å². The van der Waals surface area contributed by atoms with Crippen LogP contribution in [0.3, 0.4) is 0 Å². The molecule has 0 atom stereocenters. The zero-order chi connectivity index (χ0) is 18.8. The molecule has 0 saturated carbocycles. The summed E-state index contributed by atoms with van der Waals surface area (Å²) in [6.45, 7) is 4.61. The van der Waals surface area contributed by atoms with Crippen molar-refractivity contribution in [3.8, 4) is 11.8 Å². The molecule has 0 saturated heterocycles. The van der Waals surface area contributed by atoms with Crippen LogP contribution in [0, 0.1) is 6.92 Å². The molecule has 6 nitrogen and oxygen atoms in total. The molecular weight excluding hydrogens is 340 g/mol. The summed E-state index contributed by atoms with van der Waals surface area (Å²) in [7, 11) is 1.61. The molecule has 0 aliphatic rings. The zero-order valence-corrected chi connectivity index (χ0v) is 15.8. The maximum atomic E-state index is 6.10. The monoisotopic (exact) mass is 362 g/mol. The predicted molar refractivity (Wildman–Crippen MR) is 105 cm³/mol. The lowest BCUT2D eigenvalue weighted by Gasteiger charge is -2.11. The summed E-state index contributed by atoms with van der Waals surface area (Å²) in [6.07, 6.45) is 1.61. The lowest BCUT2D eigenvalue weighted by atomic mass is 10.2. The van der Waals surface area contributed by atoms with E-state index in [-0.39, 0.29) is 0 Å². The van der Waals surface area contributed by atoms with E-state index in [0.717, 1.165) is 41.0 Å². The van der Waals surface area contributed by atoms with Crippen molar-refractivity contribution < 1.29 is 9.47 Å². The Hall–Kier alpha value is -3.15. The van der Waals surface area contributed by atoms with E-state index in [1.54, 1.807) is 7.11 Å². The Morgan fingerprint density at radius 1 is 1.00 bits per heavy atom. The van der Waals surface area contributed by atoms with Crippen LogP contribution in [-0.2, 0) is 12.8 Å². The lowest BCUT2D eigenvalue weighted by Crippen LogP contribution is -2.07. The first-order valence-corrected chi connectivity index (χ1v) is 9.10. The molecule has 1 aromatic carbocycles. The highest BCUT2D eigenvalue weighted by atomic mass is 16.5. The largest absolute Gasteiger partial charge is 0.481 e. The molecule has 3 aromatic heterocycles. The Labute approximate surface area is 157 Å². The lowest BCUT2D eigenvalue weighted by molar-refractivity contribution is 0.313. The number of aromatic nitrogens is 4. The Morgan fingerprint density at radius 3 is 2.56 bits per heavy atom. The predicted octanol–water partition coefficient (Wildman–Crippen LogP) is 3.78. The van der Waals surface area contributed by atoms with Gasteiger partial charge in [0.15, 0.2) is 5.65 Å². The first kappa shape index (κ1) is 17.3. The Bertz CT molecular complexity index is 1090. The van der Waals surface area contributed by atoms with Crippen molar-refractivity contribution in [1.29, 1.82) is 0 Å². The molecule has 0 unspecified atom stereocenters. The quantitative estimate of drug-likeness (QED) is 0.522. The summed E-state index contributed by atoms with van der Waals surface area (Å²) >= 11 is 0. The van der Waals surface area contributed by atoms with E-state index in [1.165, 1.54) is 5.56 Å². The van der Waals surface area contributed by atoms with Crippen LogP contribution in [-0.4, -0.2) is 33.1 Å². The normalized spacial score (nSPS) is 11.2. The van der Waals surface area contributed by atoms with Gasteiger partial charge in [0.25, 0.3) is 0 Å². The minimum atomic E-state index is 0.549. The summed E-state index contributed by atoms with van der Waals surface area (Å²) in [5, 5.41) is 0. The smallest absolute Gasteiger partial charge is 0.241 e.